The normalized spacial score (nSPS) is 18.4. The van der Waals surface area contributed by atoms with Crippen molar-refractivity contribution in [3.63, 3.8) is 0 Å². The number of sulfonamides is 1. The second-order valence-corrected chi connectivity index (χ2v) is 10.1. The van der Waals surface area contributed by atoms with Gasteiger partial charge in [-0.25, -0.2) is 36.5 Å². The second kappa shape index (κ2) is 9.43. The zero-order chi connectivity index (χ0) is 24.6. The molecule has 12 heteroatoms. The highest BCUT2D eigenvalue weighted by Crippen LogP contribution is 2.31. The van der Waals surface area contributed by atoms with Crippen molar-refractivity contribution >= 4 is 26.7 Å². The number of β-amino-alcohol motifs (C(OH)–C–C–N with tert-alkyl or cyclic N) is 1. The minimum absolute atomic E-state index is 0.0195. The van der Waals surface area contributed by atoms with Gasteiger partial charge in [0.1, 0.15) is 17.5 Å². The molecule has 1 aliphatic heterocycles. The zero-order valence-corrected chi connectivity index (χ0v) is 19.4. The van der Waals surface area contributed by atoms with Crippen molar-refractivity contribution in [3.05, 3.63) is 53.2 Å². The molecule has 0 bridgehead atoms. The van der Waals surface area contributed by atoms with Crippen molar-refractivity contribution in [3.8, 4) is 0 Å². The third kappa shape index (κ3) is 4.70. The maximum atomic E-state index is 14.7. The first-order valence-corrected chi connectivity index (χ1v) is 12.2. The number of hydrogen-bond donors (Lipinski definition) is 2. The number of aliphatic hydroxyl groups excluding tert-OH is 1. The van der Waals surface area contributed by atoms with E-state index in [-0.39, 0.29) is 29.5 Å². The highest BCUT2D eigenvalue weighted by molar-refractivity contribution is 7.89. The number of rotatable bonds is 6. The van der Waals surface area contributed by atoms with Gasteiger partial charge in [-0.05, 0) is 32.8 Å². The summed E-state index contributed by atoms with van der Waals surface area (Å²) < 4.78 is 68.3. The van der Waals surface area contributed by atoms with Gasteiger partial charge in [-0.15, -0.1) is 0 Å². The molecule has 1 aliphatic rings. The van der Waals surface area contributed by atoms with E-state index in [2.05, 4.69) is 20.3 Å². The second-order valence-electron chi connectivity index (χ2n) is 8.24. The number of nitrogens with zero attached hydrogens (tertiary/aromatic N) is 4. The molecule has 0 amide bonds. The third-order valence-electron chi connectivity index (χ3n) is 5.75. The molecule has 8 nitrogen and oxygen atoms in total. The Morgan fingerprint density at radius 1 is 1.24 bits per heavy atom. The number of aromatic nitrogens is 3. The van der Waals surface area contributed by atoms with Crippen LogP contribution in [0.15, 0.2) is 35.5 Å². The van der Waals surface area contributed by atoms with Gasteiger partial charge in [-0.1, -0.05) is 18.2 Å². The molecule has 2 N–H and O–H groups in total. The van der Waals surface area contributed by atoms with Crippen LogP contribution in [0.4, 0.5) is 19.0 Å². The quantitative estimate of drug-likeness (QED) is 0.537. The topological polar surface area (TPSA) is 108 Å². The molecule has 1 aromatic carbocycles. The Hall–Kier alpha value is -2.83. The molecule has 1 fully saturated rings. The summed E-state index contributed by atoms with van der Waals surface area (Å²) in [6.07, 6.45) is -1.33. The van der Waals surface area contributed by atoms with E-state index in [9.17, 15) is 26.7 Å². The highest BCUT2D eigenvalue weighted by Gasteiger charge is 2.31. The van der Waals surface area contributed by atoms with Crippen molar-refractivity contribution in [1.82, 2.24) is 19.3 Å². The lowest BCUT2D eigenvalue weighted by Gasteiger charge is -2.28. The van der Waals surface area contributed by atoms with Crippen molar-refractivity contribution in [2.45, 2.75) is 50.3 Å². The maximum absolute atomic E-state index is 14.7. The third-order valence-corrected chi connectivity index (χ3v) is 7.51. The number of halogens is 3. The number of benzene rings is 1. The molecule has 3 aromatic rings. The van der Waals surface area contributed by atoms with Crippen molar-refractivity contribution in [2.24, 2.45) is 0 Å². The number of nitrogens with one attached hydrogen (secondary N) is 1. The van der Waals surface area contributed by atoms with Gasteiger partial charge in [0.15, 0.2) is 5.03 Å². The molecule has 4 rings (SSSR count). The molecule has 0 spiro atoms. The summed E-state index contributed by atoms with van der Waals surface area (Å²) in [4.78, 5) is 12.7. The van der Waals surface area contributed by atoms with Gasteiger partial charge in [-0.2, -0.15) is 4.31 Å². The van der Waals surface area contributed by atoms with E-state index in [0.717, 1.165) is 6.07 Å². The monoisotopic (exact) mass is 495 g/mol. The van der Waals surface area contributed by atoms with Crippen molar-refractivity contribution < 1.29 is 26.7 Å². The fraction of sp³-hybridized carbons (Fsp3) is 0.409. The van der Waals surface area contributed by atoms with Gasteiger partial charge in [-0.3, -0.25) is 0 Å². The number of alkyl halides is 2. The molecule has 0 unspecified atom stereocenters. The van der Waals surface area contributed by atoms with E-state index < -0.39 is 40.0 Å². The van der Waals surface area contributed by atoms with Crippen LogP contribution in [0, 0.1) is 12.7 Å². The molecule has 0 saturated carbocycles. The average Bonchev–Trinajstić information content (AvgIpc) is 2.78. The first kappa shape index (κ1) is 24.3. The standard InChI is InChI=1S/C22H24F3N5O3S/c1-12(15-6-3-7-16(20(15)23)21(24)25)27-22-17-9-19(26-10-18(17)28-13(2)29-22)34(32,33)30-8-4-5-14(31)11-30/h3,6-7,9-10,12,14,21,31H,4-5,8,11H2,1-2H3,(H,27,28,29)/t12-,14+/m1/s1. The van der Waals surface area contributed by atoms with E-state index >= 15 is 0 Å². The number of anilines is 1. The summed E-state index contributed by atoms with van der Waals surface area (Å²) >= 11 is 0. The number of aliphatic hydroxyl groups is 1. The van der Waals surface area contributed by atoms with Gasteiger partial charge in [0.05, 0.1) is 29.4 Å². The summed E-state index contributed by atoms with van der Waals surface area (Å²) in [5.41, 5.74) is -0.316. The summed E-state index contributed by atoms with van der Waals surface area (Å²) in [5.74, 6) is -0.434. The van der Waals surface area contributed by atoms with Crippen LogP contribution in [-0.2, 0) is 10.0 Å². The predicted molar refractivity (Wildman–Crippen MR) is 119 cm³/mol. The van der Waals surface area contributed by atoms with Crippen LogP contribution < -0.4 is 5.32 Å². The largest absolute Gasteiger partial charge is 0.392 e. The Balaban J connectivity index is 1.73. The lowest BCUT2D eigenvalue weighted by molar-refractivity contribution is 0.108. The maximum Gasteiger partial charge on any atom is 0.266 e. The smallest absolute Gasteiger partial charge is 0.266 e. The Labute approximate surface area is 194 Å². The van der Waals surface area contributed by atoms with E-state index in [1.54, 1.807) is 13.8 Å². The molecule has 2 atom stereocenters. The summed E-state index contributed by atoms with van der Waals surface area (Å²) in [7, 11) is -3.98. The van der Waals surface area contributed by atoms with Gasteiger partial charge >= 0.3 is 0 Å². The van der Waals surface area contributed by atoms with Crippen molar-refractivity contribution in [2.75, 3.05) is 18.4 Å². The SMILES string of the molecule is Cc1nc(N[C@H](C)c2cccc(C(F)F)c2F)c2cc(S(=O)(=O)N3CCC[C@H](O)C3)ncc2n1. The molecule has 2 aromatic heterocycles. The van der Waals surface area contributed by atoms with Gasteiger partial charge in [0, 0.05) is 24.0 Å². The Kier molecular flexibility index (Phi) is 6.74. The Morgan fingerprint density at radius 2 is 1.97 bits per heavy atom. The predicted octanol–water partition coefficient (Wildman–Crippen LogP) is 3.73. The molecular weight excluding hydrogens is 471 g/mol. The lowest BCUT2D eigenvalue weighted by atomic mass is 10.0. The van der Waals surface area contributed by atoms with Gasteiger partial charge in [0.2, 0.25) is 0 Å². The van der Waals surface area contributed by atoms with Crippen LogP contribution in [0.2, 0.25) is 0 Å². The minimum Gasteiger partial charge on any atom is -0.392 e. The molecule has 34 heavy (non-hydrogen) atoms. The van der Waals surface area contributed by atoms with Crippen LogP contribution in [0.1, 0.15) is 49.2 Å². The Morgan fingerprint density at radius 3 is 2.68 bits per heavy atom. The molecule has 3 heterocycles. The van der Waals surface area contributed by atoms with E-state index in [4.69, 9.17) is 0 Å². The lowest BCUT2D eigenvalue weighted by Crippen LogP contribution is -2.42. The zero-order valence-electron chi connectivity index (χ0n) is 18.5. The van der Waals surface area contributed by atoms with E-state index in [1.807, 2.05) is 0 Å². The van der Waals surface area contributed by atoms with Crippen LogP contribution in [0.3, 0.4) is 0 Å². The average molecular weight is 496 g/mol. The summed E-state index contributed by atoms with van der Waals surface area (Å²) in [6.45, 7) is 3.47. The van der Waals surface area contributed by atoms with Crippen molar-refractivity contribution in [1.29, 1.82) is 0 Å². The first-order chi connectivity index (χ1) is 16.1. The molecule has 1 saturated heterocycles. The minimum atomic E-state index is -3.98. The number of hydrogen-bond acceptors (Lipinski definition) is 7. The van der Waals surface area contributed by atoms with E-state index in [1.165, 1.54) is 28.7 Å². The summed E-state index contributed by atoms with van der Waals surface area (Å²) in [5, 5.41) is 13.0. The number of piperidine rings is 1. The Bertz CT molecular complexity index is 1320. The van der Waals surface area contributed by atoms with Gasteiger partial charge < -0.3 is 10.4 Å². The van der Waals surface area contributed by atoms with E-state index in [0.29, 0.717) is 29.6 Å². The van der Waals surface area contributed by atoms with Crippen LogP contribution >= 0.6 is 0 Å². The first-order valence-electron chi connectivity index (χ1n) is 10.7. The highest BCUT2D eigenvalue weighted by atomic mass is 32.2. The molecule has 0 radical (unpaired) electrons. The molecule has 0 aliphatic carbocycles. The van der Waals surface area contributed by atoms with Crippen LogP contribution in [-0.4, -0.2) is 52.0 Å². The van der Waals surface area contributed by atoms with Crippen LogP contribution in [0.5, 0.6) is 0 Å². The van der Waals surface area contributed by atoms with Crippen LogP contribution in [0.25, 0.3) is 10.9 Å². The molecular formula is C22H24F3N5O3S. The number of aryl methyl sites for hydroxylation is 1. The number of fused-ring (bicyclic) bond motifs is 1. The van der Waals surface area contributed by atoms with Gasteiger partial charge in [0.25, 0.3) is 16.4 Å². The number of pyridine rings is 1. The fourth-order valence-electron chi connectivity index (χ4n) is 4.01. The fourth-order valence-corrected chi connectivity index (χ4v) is 5.46. The summed E-state index contributed by atoms with van der Waals surface area (Å²) in [6, 6.07) is 4.34. The molecule has 182 valence electrons.